The van der Waals surface area contributed by atoms with E-state index in [1.807, 2.05) is 13.8 Å². The first-order chi connectivity index (χ1) is 7.50. The Hall–Kier alpha value is -1.23. The van der Waals surface area contributed by atoms with Gasteiger partial charge in [-0.3, -0.25) is 9.36 Å². The number of fused-ring (bicyclic) bond motifs is 1. The predicted molar refractivity (Wildman–Crippen MR) is 64.0 cm³/mol. The summed E-state index contributed by atoms with van der Waals surface area (Å²) in [4.78, 5) is 16.0. The van der Waals surface area contributed by atoms with Crippen LogP contribution in [0.5, 0.6) is 0 Å². The summed E-state index contributed by atoms with van der Waals surface area (Å²) < 4.78 is 15.5. The topological polar surface area (TPSA) is 34.9 Å². The Morgan fingerprint density at radius 3 is 2.75 bits per heavy atom. The Morgan fingerprint density at radius 1 is 1.44 bits per heavy atom. The molecule has 0 bridgehead atoms. The standard InChI is InChI=1S/C11H10BrFN2O/c1-6(2)15-5-14-10-8(11(15)16)3-7(12)4-9(10)13/h3-6H,1-2H3. The Labute approximate surface area is 100 Å². The lowest BCUT2D eigenvalue weighted by Crippen LogP contribution is -2.22. The summed E-state index contributed by atoms with van der Waals surface area (Å²) in [7, 11) is 0. The first-order valence-corrected chi connectivity index (χ1v) is 5.66. The molecule has 0 N–H and O–H groups in total. The van der Waals surface area contributed by atoms with Crippen molar-refractivity contribution in [1.82, 2.24) is 9.55 Å². The van der Waals surface area contributed by atoms with Gasteiger partial charge in [0, 0.05) is 10.5 Å². The third kappa shape index (κ3) is 1.75. The second kappa shape index (κ2) is 3.97. The summed E-state index contributed by atoms with van der Waals surface area (Å²) in [5.74, 6) is -0.489. The Morgan fingerprint density at radius 2 is 2.12 bits per heavy atom. The van der Waals surface area contributed by atoms with Crippen LogP contribution >= 0.6 is 15.9 Å². The molecule has 0 aliphatic carbocycles. The average Bonchev–Trinajstić information content (AvgIpc) is 2.19. The molecule has 16 heavy (non-hydrogen) atoms. The minimum atomic E-state index is -0.489. The summed E-state index contributed by atoms with van der Waals surface area (Å²) >= 11 is 3.16. The van der Waals surface area contributed by atoms with Gasteiger partial charge in [0.1, 0.15) is 5.52 Å². The monoisotopic (exact) mass is 284 g/mol. The van der Waals surface area contributed by atoms with Gasteiger partial charge < -0.3 is 0 Å². The van der Waals surface area contributed by atoms with Crippen LogP contribution in [0, 0.1) is 5.82 Å². The third-order valence-corrected chi connectivity index (χ3v) is 2.82. The number of hydrogen-bond acceptors (Lipinski definition) is 2. The molecule has 0 aliphatic heterocycles. The van der Waals surface area contributed by atoms with Crippen molar-refractivity contribution in [3.63, 3.8) is 0 Å². The Kier molecular flexibility index (Phi) is 2.80. The zero-order valence-corrected chi connectivity index (χ0v) is 10.5. The Bertz CT molecular complexity index is 607. The lowest BCUT2D eigenvalue weighted by molar-refractivity contribution is 0.570. The minimum Gasteiger partial charge on any atom is -0.296 e. The smallest absolute Gasteiger partial charge is 0.261 e. The molecule has 0 aliphatic rings. The lowest BCUT2D eigenvalue weighted by atomic mass is 10.2. The van der Waals surface area contributed by atoms with E-state index in [1.54, 1.807) is 6.07 Å². The fourth-order valence-corrected chi connectivity index (χ4v) is 1.97. The molecule has 2 rings (SSSR count). The molecule has 3 nitrogen and oxygen atoms in total. The highest BCUT2D eigenvalue weighted by molar-refractivity contribution is 9.10. The van der Waals surface area contributed by atoms with Crippen LogP contribution in [-0.4, -0.2) is 9.55 Å². The maximum Gasteiger partial charge on any atom is 0.261 e. The molecule has 0 radical (unpaired) electrons. The van der Waals surface area contributed by atoms with Gasteiger partial charge in [-0.15, -0.1) is 0 Å². The highest BCUT2D eigenvalue weighted by Crippen LogP contribution is 2.19. The molecule has 0 saturated heterocycles. The summed E-state index contributed by atoms with van der Waals surface area (Å²) in [6.45, 7) is 3.76. The number of benzene rings is 1. The number of aromatic nitrogens is 2. The van der Waals surface area contributed by atoms with E-state index < -0.39 is 5.82 Å². The van der Waals surface area contributed by atoms with Crippen molar-refractivity contribution in [2.45, 2.75) is 19.9 Å². The molecule has 0 unspecified atom stereocenters. The van der Waals surface area contributed by atoms with Crippen molar-refractivity contribution in [3.8, 4) is 0 Å². The fourth-order valence-electron chi connectivity index (χ4n) is 1.54. The summed E-state index contributed by atoms with van der Waals surface area (Å²) in [5, 5.41) is 0.295. The van der Waals surface area contributed by atoms with E-state index in [0.717, 1.165) is 0 Å². The van der Waals surface area contributed by atoms with Crippen molar-refractivity contribution >= 4 is 26.8 Å². The van der Waals surface area contributed by atoms with Gasteiger partial charge in [0.15, 0.2) is 5.82 Å². The molecule has 84 valence electrons. The molecule has 0 spiro atoms. The first-order valence-electron chi connectivity index (χ1n) is 4.86. The van der Waals surface area contributed by atoms with Gasteiger partial charge in [-0.25, -0.2) is 9.37 Å². The molecule has 0 atom stereocenters. The predicted octanol–water partition coefficient (Wildman–Crippen LogP) is 2.88. The number of rotatable bonds is 1. The summed E-state index contributed by atoms with van der Waals surface area (Å²) in [6, 6.07) is 2.90. The van der Waals surface area contributed by atoms with E-state index in [1.165, 1.54) is 17.0 Å². The van der Waals surface area contributed by atoms with E-state index in [4.69, 9.17) is 0 Å². The van der Waals surface area contributed by atoms with Gasteiger partial charge in [0.25, 0.3) is 5.56 Å². The van der Waals surface area contributed by atoms with Crippen LogP contribution in [0.3, 0.4) is 0 Å². The van der Waals surface area contributed by atoms with Crippen LogP contribution in [0.15, 0.2) is 27.7 Å². The van der Waals surface area contributed by atoms with E-state index in [9.17, 15) is 9.18 Å². The molecule has 0 fully saturated rings. The van der Waals surface area contributed by atoms with Crippen molar-refractivity contribution in [2.75, 3.05) is 0 Å². The van der Waals surface area contributed by atoms with E-state index in [0.29, 0.717) is 9.86 Å². The lowest BCUT2D eigenvalue weighted by Gasteiger charge is -2.10. The number of halogens is 2. The van der Waals surface area contributed by atoms with Crippen LogP contribution in [-0.2, 0) is 0 Å². The van der Waals surface area contributed by atoms with Crippen LogP contribution in [0.4, 0.5) is 4.39 Å². The number of nitrogens with zero attached hydrogens (tertiary/aromatic N) is 2. The van der Waals surface area contributed by atoms with Crippen molar-refractivity contribution < 1.29 is 4.39 Å². The Balaban J connectivity index is 2.89. The average molecular weight is 285 g/mol. The van der Waals surface area contributed by atoms with Crippen LogP contribution in [0.1, 0.15) is 19.9 Å². The number of hydrogen-bond donors (Lipinski definition) is 0. The molecule has 1 aromatic heterocycles. The van der Waals surface area contributed by atoms with Gasteiger partial charge in [-0.2, -0.15) is 0 Å². The highest BCUT2D eigenvalue weighted by Gasteiger charge is 2.10. The highest BCUT2D eigenvalue weighted by atomic mass is 79.9. The molecule has 5 heteroatoms. The normalized spacial score (nSPS) is 11.3. The summed E-state index contributed by atoms with van der Waals surface area (Å²) in [5.41, 5.74) is -0.106. The van der Waals surface area contributed by atoms with Crippen molar-refractivity contribution in [1.29, 1.82) is 0 Å². The second-order valence-corrected chi connectivity index (χ2v) is 4.75. The molecular weight excluding hydrogens is 275 g/mol. The van der Waals surface area contributed by atoms with E-state index in [2.05, 4.69) is 20.9 Å². The minimum absolute atomic E-state index is 0.00597. The van der Waals surface area contributed by atoms with Crippen LogP contribution in [0.25, 0.3) is 10.9 Å². The molecule has 1 heterocycles. The maximum atomic E-state index is 13.5. The zero-order chi connectivity index (χ0) is 11.9. The molecule has 1 aromatic carbocycles. The van der Waals surface area contributed by atoms with Crippen LogP contribution in [0.2, 0.25) is 0 Å². The zero-order valence-electron chi connectivity index (χ0n) is 8.87. The quantitative estimate of drug-likeness (QED) is 0.807. The van der Waals surface area contributed by atoms with Crippen molar-refractivity contribution in [3.05, 3.63) is 39.1 Å². The van der Waals surface area contributed by atoms with E-state index in [-0.39, 0.29) is 17.1 Å². The van der Waals surface area contributed by atoms with Crippen molar-refractivity contribution in [2.24, 2.45) is 0 Å². The van der Waals surface area contributed by atoms with Gasteiger partial charge >= 0.3 is 0 Å². The van der Waals surface area contributed by atoms with Gasteiger partial charge in [-0.05, 0) is 26.0 Å². The van der Waals surface area contributed by atoms with E-state index >= 15 is 0 Å². The summed E-state index contributed by atoms with van der Waals surface area (Å²) in [6.07, 6.45) is 1.38. The fraction of sp³-hybridized carbons (Fsp3) is 0.273. The van der Waals surface area contributed by atoms with Crippen LogP contribution < -0.4 is 5.56 Å². The molecule has 2 aromatic rings. The molecular formula is C11H10BrFN2O. The largest absolute Gasteiger partial charge is 0.296 e. The molecule has 0 amide bonds. The third-order valence-electron chi connectivity index (χ3n) is 2.36. The maximum absolute atomic E-state index is 13.5. The van der Waals surface area contributed by atoms with Gasteiger partial charge in [-0.1, -0.05) is 15.9 Å². The second-order valence-electron chi connectivity index (χ2n) is 3.83. The van der Waals surface area contributed by atoms with Gasteiger partial charge in [0.2, 0.25) is 0 Å². The molecule has 0 saturated carbocycles. The first kappa shape index (κ1) is 11.3. The SMILES string of the molecule is CC(C)n1cnc2c(F)cc(Br)cc2c1=O. The van der Waals surface area contributed by atoms with Gasteiger partial charge in [0.05, 0.1) is 11.7 Å².